The molecule has 0 bridgehead atoms. The van der Waals surface area contributed by atoms with Gasteiger partial charge in [0.2, 0.25) is 0 Å². The molecule has 0 unspecified atom stereocenters. The van der Waals surface area contributed by atoms with E-state index >= 15 is 0 Å². The first-order chi connectivity index (χ1) is 19.9. The van der Waals surface area contributed by atoms with Gasteiger partial charge >= 0.3 is 0 Å². The van der Waals surface area contributed by atoms with Crippen LogP contribution >= 0.6 is 11.9 Å². The Morgan fingerprint density at radius 1 is 0.810 bits per heavy atom. The summed E-state index contributed by atoms with van der Waals surface area (Å²) in [7, 11) is -2.37. The number of carbonyl (C=O) groups is 2. The number of hydrogen-bond acceptors (Lipinski definition) is 8. The molecule has 2 aromatic carbocycles. The van der Waals surface area contributed by atoms with Gasteiger partial charge in [-0.25, -0.2) is 8.42 Å². The summed E-state index contributed by atoms with van der Waals surface area (Å²) in [5.74, 6) is -0.503. The third-order valence-electron chi connectivity index (χ3n) is 7.52. The number of amidine groups is 1. The number of rotatable bonds is 8. The lowest BCUT2D eigenvalue weighted by atomic mass is 10.1. The Labute approximate surface area is 250 Å². The Hall–Kier alpha value is -3.66. The summed E-state index contributed by atoms with van der Waals surface area (Å²) >= 11 is 1.06. The van der Waals surface area contributed by atoms with Crippen molar-refractivity contribution < 1.29 is 18.0 Å². The van der Waals surface area contributed by atoms with Gasteiger partial charge in [0.15, 0.2) is 5.96 Å². The molecule has 0 atom stereocenters. The molecule has 15 heteroatoms. The van der Waals surface area contributed by atoms with Crippen LogP contribution in [0.1, 0.15) is 31.8 Å². The minimum absolute atomic E-state index is 0.0309. The minimum atomic E-state index is -3.84. The van der Waals surface area contributed by atoms with Crippen molar-refractivity contribution in [3.05, 3.63) is 64.7 Å². The Morgan fingerprint density at radius 2 is 1.31 bits per heavy atom. The molecular weight excluding hydrogens is 578 g/mol. The lowest BCUT2D eigenvalue weighted by Crippen LogP contribution is -2.50. The van der Waals surface area contributed by atoms with Gasteiger partial charge in [0.05, 0.1) is 4.90 Å². The van der Waals surface area contributed by atoms with Crippen LogP contribution in [0.2, 0.25) is 0 Å². The zero-order valence-electron chi connectivity index (χ0n) is 23.7. The highest BCUT2D eigenvalue weighted by atomic mass is 32.3. The molecule has 2 aliphatic heterocycles. The van der Waals surface area contributed by atoms with E-state index < -0.39 is 10.0 Å². The fraction of sp³-hybridized carbons (Fsp3) is 0.407. The van der Waals surface area contributed by atoms with E-state index in [-0.39, 0.29) is 34.1 Å². The van der Waals surface area contributed by atoms with Crippen LogP contribution in [0, 0.1) is 10.8 Å². The van der Waals surface area contributed by atoms with Crippen LogP contribution in [-0.2, 0) is 16.6 Å². The Balaban J connectivity index is 1.50. The van der Waals surface area contributed by atoms with Crippen molar-refractivity contribution in [3.8, 4) is 0 Å². The molecule has 6 N–H and O–H groups in total. The minimum Gasteiger partial charge on any atom is -0.384 e. The summed E-state index contributed by atoms with van der Waals surface area (Å²) in [4.78, 5) is 33.9. The highest BCUT2D eigenvalue weighted by molar-refractivity contribution is 8.08. The monoisotopic (exact) mass is 615 g/mol. The first-order valence-electron chi connectivity index (χ1n) is 13.4. The summed E-state index contributed by atoms with van der Waals surface area (Å²) in [5.41, 5.74) is 13.1. The summed E-state index contributed by atoms with van der Waals surface area (Å²) in [6, 6.07) is 11.3. The second-order valence-electron chi connectivity index (χ2n) is 10.2. The Morgan fingerprint density at radius 3 is 1.81 bits per heavy atom. The molecule has 226 valence electrons. The average molecular weight is 616 g/mol. The summed E-state index contributed by atoms with van der Waals surface area (Å²) < 4.78 is 27.7. The van der Waals surface area contributed by atoms with Gasteiger partial charge in [0, 0.05) is 82.6 Å². The molecule has 2 heterocycles. The number of guanidine groups is 1. The average Bonchev–Trinajstić information content (AvgIpc) is 3.00. The number of amides is 2. The van der Waals surface area contributed by atoms with Gasteiger partial charge in [-0.05, 0) is 42.2 Å². The molecule has 0 spiro atoms. The number of piperazine rings is 2. The standard InChI is InChI=1S/C27H37N9O4S2/c1-32(41-2)42(39,40)23-16-19(18-33-7-9-36(10-8-33)27(30)31)15-22(17-23)26(38)35-13-11-34(12-14-35)25(37)21-5-3-20(4-6-21)24(28)29/h3-6,15-17H,7-14,18H2,1-2H3,(H3,28,29)(H3,30,31). The van der Waals surface area contributed by atoms with Crippen LogP contribution < -0.4 is 11.5 Å². The van der Waals surface area contributed by atoms with Crippen LogP contribution in [0.4, 0.5) is 0 Å². The maximum atomic E-state index is 13.6. The maximum Gasteiger partial charge on any atom is 0.254 e. The molecule has 4 rings (SSSR count). The second-order valence-corrected chi connectivity index (χ2v) is 13.3. The van der Waals surface area contributed by atoms with Crippen LogP contribution in [0.15, 0.2) is 47.4 Å². The highest BCUT2D eigenvalue weighted by Crippen LogP contribution is 2.24. The topological polar surface area (TPSA) is 184 Å². The van der Waals surface area contributed by atoms with Crippen LogP contribution in [-0.4, -0.2) is 121 Å². The van der Waals surface area contributed by atoms with Gasteiger partial charge < -0.3 is 26.2 Å². The summed E-state index contributed by atoms with van der Waals surface area (Å²) in [6.45, 7) is 4.22. The molecule has 42 heavy (non-hydrogen) atoms. The molecule has 2 aromatic rings. The molecule has 0 radical (unpaired) electrons. The van der Waals surface area contributed by atoms with Gasteiger partial charge in [-0.2, -0.15) is 0 Å². The van der Waals surface area contributed by atoms with Gasteiger partial charge in [0.1, 0.15) is 5.84 Å². The fourth-order valence-electron chi connectivity index (χ4n) is 4.95. The van der Waals surface area contributed by atoms with E-state index in [1.54, 1.807) is 57.4 Å². The molecule has 2 amide bonds. The van der Waals surface area contributed by atoms with Crippen molar-refractivity contribution in [1.29, 1.82) is 10.8 Å². The predicted octanol–water partition coefficient (Wildman–Crippen LogP) is 0.478. The van der Waals surface area contributed by atoms with Crippen molar-refractivity contribution in [3.63, 3.8) is 0 Å². The number of hydrogen-bond donors (Lipinski definition) is 4. The number of nitrogens with zero attached hydrogens (tertiary/aromatic N) is 5. The van der Waals surface area contributed by atoms with Crippen molar-refractivity contribution in [2.75, 3.05) is 65.7 Å². The molecule has 0 saturated carbocycles. The maximum absolute atomic E-state index is 13.6. The first kappa shape index (κ1) is 31.3. The van der Waals surface area contributed by atoms with Crippen molar-refractivity contribution >= 4 is 45.6 Å². The summed E-state index contributed by atoms with van der Waals surface area (Å²) in [5, 5.41) is 15.2. The van der Waals surface area contributed by atoms with Crippen molar-refractivity contribution in [2.24, 2.45) is 11.5 Å². The smallest absolute Gasteiger partial charge is 0.254 e. The van der Waals surface area contributed by atoms with Gasteiger partial charge in [-0.3, -0.25) is 25.3 Å². The number of nitrogens with one attached hydrogen (secondary N) is 2. The number of nitrogens with two attached hydrogens (primary N) is 2. The quantitative estimate of drug-likeness (QED) is 0.186. The van der Waals surface area contributed by atoms with Crippen LogP contribution in [0.3, 0.4) is 0 Å². The molecule has 0 aromatic heterocycles. The zero-order chi connectivity index (χ0) is 30.6. The third-order valence-corrected chi connectivity index (χ3v) is 10.6. The number of carbonyl (C=O) groups excluding carboxylic acids is 2. The third kappa shape index (κ3) is 7.03. The van der Waals surface area contributed by atoms with E-state index in [2.05, 4.69) is 4.90 Å². The van der Waals surface area contributed by atoms with Gasteiger partial charge in [0.25, 0.3) is 21.8 Å². The largest absolute Gasteiger partial charge is 0.384 e. The van der Waals surface area contributed by atoms with E-state index in [1.807, 2.05) is 0 Å². The normalized spacial score (nSPS) is 16.5. The Kier molecular flexibility index (Phi) is 9.76. The first-order valence-corrected chi connectivity index (χ1v) is 16.0. The lowest BCUT2D eigenvalue weighted by molar-refractivity contribution is 0.0535. The fourth-order valence-corrected chi connectivity index (χ4v) is 6.86. The lowest BCUT2D eigenvalue weighted by Gasteiger charge is -2.35. The van der Waals surface area contributed by atoms with Gasteiger partial charge in [-0.15, -0.1) is 3.71 Å². The molecule has 0 aliphatic carbocycles. The van der Waals surface area contributed by atoms with Crippen molar-refractivity contribution in [2.45, 2.75) is 11.4 Å². The second kappa shape index (κ2) is 13.1. The van der Waals surface area contributed by atoms with Crippen LogP contribution in [0.5, 0.6) is 0 Å². The van der Waals surface area contributed by atoms with E-state index in [0.717, 1.165) is 11.9 Å². The molecule has 2 fully saturated rings. The highest BCUT2D eigenvalue weighted by Gasteiger charge is 2.29. The van der Waals surface area contributed by atoms with Gasteiger partial charge in [-0.1, -0.05) is 24.1 Å². The Bertz CT molecular complexity index is 1450. The summed E-state index contributed by atoms with van der Waals surface area (Å²) in [6.07, 6.45) is 1.67. The number of benzene rings is 2. The molecular formula is C27H37N9O4S2. The molecule has 2 aliphatic rings. The van der Waals surface area contributed by atoms with Crippen LogP contribution in [0.25, 0.3) is 0 Å². The molecule has 13 nitrogen and oxygen atoms in total. The van der Waals surface area contributed by atoms with E-state index in [1.165, 1.54) is 16.8 Å². The molecule has 2 saturated heterocycles. The SMILES string of the molecule is CSN(C)S(=O)(=O)c1cc(CN2CCN(C(=N)N)CC2)cc(C(=O)N2CCN(C(=O)c3ccc(C(=N)N)cc3)CC2)c1. The van der Waals surface area contributed by atoms with E-state index in [9.17, 15) is 18.0 Å². The van der Waals surface area contributed by atoms with E-state index in [4.69, 9.17) is 22.3 Å². The number of sulfonamides is 1. The predicted molar refractivity (Wildman–Crippen MR) is 163 cm³/mol. The van der Waals surface area contributed by atoms with Crippen molar-refractivity contribution in [1.82, 2.24) is 23.3 Å². The van der Waals surface area contributed by atoms with E-state index in [0.29, 0.717) is 75.6 Å². The number of nitrogen functional groups attached to an aromatic ring is 1. The zero-order valence-corrected chi connectivity index (χ0v) is 25.4.